The third kappa shape index (κ3) is 3.37. The SMILES string of the molecule is COCc1cc(CNc2cnn(C)c2C(=O)O)ccc1OC. The maximum atomic E-state index is 11.2. The second-order valence-electron chi connectivity index (χ2n) is 4.77. The van der Waals surface area contributed by atoms with Crippen molar-refractivity contribution in [3.63, 3.8) is 0 Å². The van der Waals surface area contributed by atoms with Crippen LogP contribution in [0.5, 0.6) is 5.75 Å². The minimum absolute atomic E-state index is 0.130. The van der Waals surface area contributed by atoms with Crippen LogP contribution < -0.4 is 10.1 Å². The number of hydrogen-bond donors (Lipinski definition) is 2. The van der Waals surface area contributed by atoms with Crippen molar-refractivity contribution in [2.75, 3.05) is 19.5 Å². The summed E-state index contributed by atoms with van der Waals surface area (Å²) < 4.78 is 11.8. The van der Waals surface area contributed by atoms with E-state index in [0.717, 1.165) is 16.9 Å². The highest BCUT2D eigenvalue weighted by Gasteiger charge is 2.15. The number of aromatic carboxylic acids is 1. The molecule has 2 rings (SSSR count). The van der Waals surface area contributed by atoms with Gasteiger partial charge in [0.05, 0.1) is 25.6 Å². The number of nitrogens with zero attached hydrogens (tertiary/aromatic N) is 2. The Morgan fingerprint density at radius 2 is 2.18 bits per heavy atom. The van der Waals surface area contributed by atoms with Gasteiger partial charge < -0.3 is 19.9 Å². The van der Waals surface area contributed by atoms with Gasteiger partial charge in [0.25, 0.3) is 0 Å². The quantitative estimate of drug-likeness (QED) is 0.812. The predicted octanol–water partition coefficient (Wildman–Crippen LogP) is 1.89. The zero-order valence-electron chi connectivity index (χ0n) is 12.8. The highest BCUT2D eigenvalue weighted by Crippen LogP contribution is 2.22. The van der Waals surface area contributed by atoms with Crippen LogP contribution in [0, 0.1) is 0 Å². The van der Waals surface area contributed by atoms with Crippen LogP contribution in [0.3, 0.4) is 0 Å². The Morgan fingerprint density at radius 3 is 2.82 bits per heavy atom. The standard InChI is InChI=1S/C15H19N3O4/c1-18-14(15(19)20)12(8-17-18)16-7-10-4-5-13(22-3)11(6-10)9-21-2/h4-6,8,16H,7,9H2,1-3H3,(H,19,20). The van der Waals surface area contributed by atoms with E-state index in [9.17, 15) is 9.90 Å². The molecule has 118 valence electrons. The lowest BCUT2D eigenvalue weighted by atomic mass is 10.1. The molecule has 0 aliphatic heterocycles. The van der Waals surface area contributed by atoms with Crippen LogP contribution >= 0.6 is 0 Å². The molecule has 1 heterocycles. The second-order valence-corrected chi connectivity index (χ2v) is 4.77. The number of anilines is 1. The molecule has 22 heavy (non-hydrogen) atoms. The van der Waals surface area contributed by atoms with Gasteiger partial charge in [-0.25, -0.2) is 4.79 Å². The van der Waals surface area contributed by atoms with Crippen molar-refractivity contribution < 1.29 is 19.4 Å². The molecule has 0 aliphatic carbocycles. The van der Waals surface area contributed by atoms with Gasteiger partial charge in [0.2, 0.25) is 0 Å². The number of ether oxygens (including phenoxy) is 2. The smallest absolute Gasteiger partial charge is 0.356 e. The summed E-state index contributed by atoms with van der Waals surface area (Å²) in [6.07, 6.45) is 1.50. The van der Waals surface area contributed by atoms with Crippen LogP contribution in [0.2, 0.25) is 0 Å². The second kappa shape index (κ2) is 6.95. The van der Waals surface area contributed by atoms with Gasteiger partial charge in [-0.05, 0) is 17.7 Å². The highest BCUT2D eigenvalue weighted by atomic mass is 16.5. The highest BCUT2D eigenvalue weighted by molar-refractivity contribution is 5.92. The fourth-order valence-corrected chi connectivity index (χ4v) is 2.23. The summed E-state index contributed by atoms with van der Waals surface area (Å²) in [7, 11) is 4.83. The molecule has 0 fully saturated rings. The topological polar surface area (TPSA) is 85.6 Å². The molecule has 0 amide bonds. The van der Waals surface area contributed by atoms with Crippen LogP contribution in [0.4, 0.5) is 5.69 Å². The zero-order valence-corrected chi connectivity index (χ0v) is 12.8. The third-order valence-electron chi connectivity index (χ3n) is 3.27. The van der Waals surface area contributed by atoms with Crippen molar-refractivity contribution in [3.05, 3.63) is 41.2 Å². The summed E-state index contributed by atoms with van der Waals surface area (Å²) in [5, 5.41) is 16.2. The molecule has 7 nitrogen and oxygen atoms in total. The van der Waals surface area contributed by atoms with Gasteiger partial charge in [0.15, 0.2) is 5.69 Å². The number of aryl methyl sites for hydroxylation is 1. The molecular weight excluding hydrogens is 286 g/mol. The fraction of sp³-hybridized carbons (Fsp3) is 0.333. The number of nitrogens with one attached hydrogen (secondary N) is 1. The molecule has 0 aliphatic rings. The summed E-state index contributed by atoms with van der Waals surface area (Å²) in [6.45, 7) is 0.928. The Kier molecular flexibility index (Phi) is 5.00. The van der Waals surface area contributed by atoms with E-state index in [4.69, 9.17) is 9.47 Å². The normalized spacial score (nSPS) is 10.5. The molecule has 1 aromatic heterocycles. The van der Waals surface area contributed by atoms with Gasteiger partial charge in [-0.2, -0.15) is 5.10 Å². The lowest BCUT2D eigenvalue weighted by Crippen LogP contribution is -2.09. The maximum absolute atomic E-state index is 11.2. The van der Waals surface area contributed by atoms with Crippen LogP contribution in [0.15, 0.2) is 24.4 Å². The Balaban J connectivity index is 2.15. The lowest BCUT2D eigenvalue weighted by Gasteiger charge is -2.11. The fourth-order valence-electron chi connectivity index (χ4n) is 2.23. The number of carbonyl (C=O) groups is 1. The molecule has 0 unspecified atom stereocenters. The van der Waals surface area contributed by atoms with Crippen molar-refractivity contribution >= 4 is 11.7 Å². The van der Waals surface area contributed by atoms with Crippen LogP contribution in [-0.4, -0.2) is 35.1 Å². The zero-order chi connectivity index (χ0) is 16.1. The number of aromatic nitrogens is 2. The number of hydrogen-bond acceptors (Lipinski definition) is 5. The lowest BCUT2D eigenvalue weighted by molar-refractivity contribution is 0.0686. The average Bonchev–Trinajstić information content (AvgIpc) is 2.87. The molecule has 7 heteroatoms. The first-order chi connectivity index (χ1) is 10.6. The molecular formula is C15H19N3O4. The minimum atomic E-state index is -1.02. The Morgan fingerprint density at radius 1 is 1.41 bits per heavy atom. The monoisotopic (exact) mass is 305 g/mol. The van der Waals surface area contributed by atoms with Crippen LogP contribution in [0.25, 0.3) is 0 Å². The molecule has 2 aromatic rings. The van der Waals surface area contributed by atoms with Gasteiger partial charge in [0, 0.05) is 26.3 Å². The Bertz CT molecular complexity index is 667. The summed E-state index contributed by atoms with van der Waals surface area (Å²) in [4.78, 5) is 11.2. The van der Waals surface area contributed by atoms with Crippen LogP contribution in [-0.2, 0) is 24.9 Å². The minimum Gasteiger partial charge on any atom is -0.496 e. The number of methoxy groups -OCH3 is 2. The van der Waals surface area contributed by atoms with Gasteiger partial charge in [-0.1, -0.05) is 6.07 Å². The van der Waals surface area contributed by atoms with E-state index in [1.54, 1.807) is 21.3 Å². The van der Waals surface area contributed by atoms with E-state index in [1.165, 1.54) is 10.9 Å². The maximum Gasteiger partial charge on any atom is 0.356 e. The first-order valence-electron chi connectivity index (χ1n) is 6.70. The van der Waals surface area contributed by atoms with Crippen molar-refractivity contribution in [2.45, 2.75) is 13.2 Å². The van der Waals surface area contributed by atoms with Crippen molar-refractivity contribution in [3.8, 4) is 5.75 Å². The van der Waals surface area contributed by atoms with Crippen molar-refractivity contribution in [2.24, 2.45) is 7.05 Å². The molecule has 0 saturated carbocycles. The van der Waals surface area contributed by atoms with Crippen LogP contribution in [0.1, 0.15) is 21.6 Å². The third-order valence-corrected chi connectivity index (χ3v) is 3.27. The van der Waals surface area contributed by atoms with Gasteiger partial charge in [-0.15, -0.1) is 0 Å². The van der Waals surface area contributed by atoms with Gasteiger partial charge >= 0.3 is 5.97 Å². The molecule has 1 aromatic carbocycles. The summed E-state index contributed by atoms with van der Waals surface area (Å²) >= 11 is 0. The van der Waals surface area contributed by atoms with E-state index >= 15 is 0 Å². The number of carboxylic acid groups (broad SMARTS) is 1. The molecule has 0 saturated heterocycles. The van der Waals surface area contributed by atoms with Gasteiger partial charge in [0.1, 0.15) is 5.75 Å². The van der Waals surface area contributed by atoms with E-state index < -0.39 is 5.97 Å². The first-order valence-corrected chi connectivity index (χ1v) is 6.70. The Hall–Kier alpha value is -2.54. The molecule has 0 atom stereocenters. The molecule has 0 spiro atoms. The number of rotatable bonds is 7. The summed E-state index contributed by atoms with van der Waals surface area (Å²) in [5.74, 6) is -0.254. The van der Waals surface area contributed by atoms with Gasteiger partial charge in [-0.3, -0.25) is 4.68 Å². The summed E-state index contributed by atoms with van der Waals surface area (Å²) in [6, 6.07) is 5.75. The van der Waals surface area contributed by atoms with E-state index in [0.29, 0.717) is 18.8 Å². The number of carboxylic acids is 1. The first kappa shape index (κ1) is 15.8. The van der Waals surface area contributed by atoms with Crippen molar-refractivity contribution in [1.82, 2.24) is 9.78 Å². The summed E-state index contributed by atoms with van der Waals surface area (Å²) in [5.41, 5.74) is 2.55. The Labute approximate surface area is 128 Å². The molecule has 0 bridgehead atoms. The predicted molar refractivity (Wildman–Crippen MR) is 81.2 cm³/mol. The van der Waals surface area contributed by atoms with Crippen molar-refractivity contribution in [1.29, 1.82) is 0 Å². The number of benzene rings is 1. The van der Waals surface area contributed by atoms with E-state index in [-0.39, 0.29) is 5.69 Å². The molecule has 0 radical (unpaired) electrons. The average molecular weight is 305 g/mol. The largest absolute Gasteiger partial charge is 0.496 e. The molecule has 2 N–H and O–H groups in total. The van der Waals surface area contributed by atoms with E-state index in [1.807, 2.05) is 18.2 Å². The van der Waals surface area contributed by atoms with E-state index in [2.05, 4.69) is 10.4 Å².